The monoisotopic (exact) mass is 1260 g/mol. The molecule has 2 aromatic carbocycles. The predicted octanol–water partition coefficient (Wildman–Crippen LogP) is 1.95. The second-order valence-corrected chi connectivity index (χ2v) is 22.4. The maximum Gasteiger partial charge on any atom is 0.407 e. The number of rotatable bonds is 35. The van der Waals surface area contributed by atoms with Crippen LogP contribution < -0.4 is 48.1 Å². The number of ether oxygens (including phenoxy) is 5. The number of amides is 9. The first-order chi connectivity index (χ1) is 42.7. The van der Waals surface area contributed by atoms with E-state index in [2.05, 4.69) is 59.3 Å². The number of carbonyl (C=O) groups is 9. The molecule has 11 N–H and O–H groups in total. The molecule has 1 saturated carbocycles. The molecule has 3 heterocycles. The van der Waals surface area contributed by atoms with Gasteiger partial charge in [0.05, 0.1) is 64.1 Å². The summed E-state index contributed by atoms with van der Waals surface area (Å²) in [6.07, 6.45) is 5.63. The number of carbonyl (C=O) groups excluding carboxylic acids is 9. The molecule has 1 aliphatic heterocycles. The van der Waals surface area contributed by atoms with Crippen LogP contribution in [0.2, 0.25) is 0 Å². The molecule has 0 radical (unpaired) electrons. The highest BCUT2D eigenvalue weighted by Crippen LogP contribution is 2.40. The Hall–Kier alpha value is -8.82. The molecule has 9 amide bonds. The van der Waals surface area contributed by atoms with Gasteiger partial charge in [-0.25, -0.2) is 34.3 Å². The van der Waals surface area contributed by atoms with Crippen molar-refractivity contribution in [3.8, 4) is 0 Å². The molecule has 1 fully saturated rings. The van der Waals surface area contributed by atoms with Crippen molar-refractivity contribution < 1.29 is 84.3 Å². The van der Waals surface area contributed by atoms with Gasteiger partial charge in [-0.1, -0.05) is 55.3 Å². The first-order valence-corrected chi connectivity index (χ1v) is 30.4. The Morgan fingerprint density at radius 3 is 2.18 bits per heavy atom. The van der Waals surface area contributed by atoms with Gasteiger partial charge < -0.3 is 76.0 Å². The normalized spacial score (nSPS) is 17.6. The molecule has 2 aromatic heterocycles. The minimum absolute atomic E-state index is 0.0712. The summed E-state index contributed by atoms with van der Waals surface area (Å²) in [7, 11) is -4.26. The Morgan fingerprint density at radius 2 is 1.47 bits per heavy atom. The number of alkyl carbamates (subject to hydrolysis) is 2. The number of anilines is 2. The van der Waals surface area contributed by atoms with Gasteiger partial charge in [0.25, 0.3) is 11.8 Å². The third-order valence-electron chi connectivity index (χ3n) is 14.4. The van der Waals surface area contributed by atoms with Gasteiger partial charge in [-0.2, -0.15) is 8.42 Å². The second-order valence-electron chi connectivity index (χ2n) is 21.2. The summed E-state index contributed by atoms with van der Waals surface area (Å²) in [6.45, 7) is 3.61. The van der Waals surface area contributed by atoms with Crippen molar-refractivity contribution in [3.05, 3.63) is 96.0 Å². The molecule has 7 rings (SSSR count). The quantitative estimate of drug-likeness (QED) is 0.0235. The summed E-state index contributed by atoms with van der Waals surface area (Å²) in [4.78, 5) is 126. The Labute approximate surface area is 512 Å². The van der Waals surface area contributed by atoms with Crippen LogP contribution in [0.5, 0.6) is 0 Å². The predicted molar refractivity (Wildman–Crippen MR) is 315 cm³/mol. The van der Waals surface area contributed by atoms with Gasteiger partial charge >= 0.3 is 34.5 Å². The van der Waals surface area contributed by atoms with Gasteiger partial charge in [0.15, 0.2) is 0 Å². The molecule has 0 bridgehead atoms. The molecule has 482 valence electrons. The van der Waals surface area contributed by atoms with Gasteiger partial charge in [-0.3, -0.25) is 28.2 Å². The lowest BCUT2D eigenvalue weighted by atomic mass is 10.0. The highest BCUT2D eigenvalue weighted by molar-refractivity contribution is 7.84. The number of fused-ring (bicyclic) bond motifs is 2. The SMILES string of the molecule is CC(C)[C@@H](NC(=O)CCOCCC(=O)ON1C(=O)C=CC1=O)C(=O)N[C@H](CCCNC(N)=O)C(=O)Nc1ccc(COC(=O)NCCOCCOCCNC(=O)O[C@H]2C[C@H](n3ccc4c(N[C@H]5CCc6ccccc65)ncnc43)C[C@H]2COS(N)(=O)=O)cc1. The molecule has 4 aromatic rings. The summed E-state index contributed by atoms with van der Waals surface area (Å²) in [5.74, 6) is -4.55. The number of benzene rings is 2. The van der Waals surface area contributed by atoms with E-state index in [1.54, 1.807) is 38.1 Å². The van der Waals surface area contributed by atoms with E-state index < -0.39 is 94.1 Å². The largest absolute Gasteiger partial charge is 0.446 e. The molecule has 6 atom stereocenters. The van der Waals surface area contributed by atoms with Crippen molar-refractivity contribution in [2.45, 2.75) is 102 Å². The minimum Gasteiger partial charge on any atom is -0.446 e. The van der Waals surface area contributed by atoms with E-state index in [-0.39, 0.29) is 110 Å². The zero-order valence-corrected chi connectivity index (χ0v) is 50.0. The van der Waals surface area contributed by atoms with Gasteiger partial charge in [-0.15, -0.1) is 0 Å². The van der Waals surface area contributed by atoms with Crippen molar-refractivity contribution >= 4 is 86.6 Å². The molecule has 3 aliphatic rings. The van der Waals surface area contributed by atoms with Crippen molar-refractivity contribution in [1.29, 1.82) is 0 Å². The fourth-order valence-corrected chi connectivity index (χ4v) is 10.3. The number of primary amides is 1. The van der Waals surface area contributed by atoms with E-state index in [9.17, 15) is 51.6 Å². The average molecular weight is 1260 g/mol. The van der Waals surface area contributed by atoms with E-state index in [4.69, 9.17) is 43.6 Å². The Bertz CT molecular complexity index is 3260. The number of urea groups is 1. The highest BCUT2D eigenvalue weighted by Gasteiger charge is 2.40. The fourth-order valence-electron chi connectivity index (χ4n) is 9.98. The molecule has 89 heavy (non-hydrogen) atoms. The number of hydroxylamine groups is 2. The Morgan fingerprint density at radius 1 is 0.775 bits per heavy atom. The smallest absolute Gasteiger partial charge is 0.407 e. The zero-order chi connectivity index (χ0) is 63.9. The molecule has 31 nitrogen and oxygen atoms in total. The fraction of sp³-hybridized carbons (Fsp3) is 0.491. The van der Waals surface area contributed by atoms with E-state index in [1.165, 1.54) is 17.5 Å². The van der Waals surface area contributed by atoms with Crippen LogP contribution in [0.1, 0.15) is 87.6 Å². The van der Waals surface area contributed by atoms with E-state index >= 15 is 0 Å². The van der Waals surface area contributed by atoms with Crippen molar-refractivity contribution in [2.75, 3.05) is 76.5 Å². The average Bonchev–Trinajstić information content (AvgIpc) is 2.23. The number of nitrogens with zero attached hydrogens (tertiary/aromatic N) is 4. The number of hydrogen-bond donors (Lipinski definition) is 9. The number of aromatic nitrogens is 3. The maximum absolute atomic E-state index is 13.6. The first-order valence-electron chi connectivity index (χ1n) is 28.9. The summed E-state index contributed by atoms with van der Waals surface area (Å²) < 4.78 is 58.0. The number of nitrogens with two attached hydrogens (primary N) is 2. The summed E-state index contributed by atoms with van der Waals surface area (Å²) in [6, 6.07) is 13.5. The van der Waals surface area contributed by atoms with Crippen molar-refractivity contribution in [1.82, 2.24) is 46.2 Å². The van der Waals surface area contributed by atoms with E-state index in [1.807, 2.05) is 29.0 Å². The summed E-state index contributed by atoms with van der Waals surface area (Å²) in [5.41, 5.74) is 9.34. The maximum atomic E-state index is 13.6. The summed E-state index contributed by atoms with van der Waals surface area (Å²) in [5, 5.41) is 25.6. The number of imide groups is 1. The third kappa shape index (κ3) is 21.5. The van der Waals surface area contributed by atoms with Crippen LogP contribution in [0.15, 0.2) is 79.3 Å². The van der Waals surface area contributed by atoms with Crippen LogP contribution in [-0.4, -0.2) is 166 Å². The molecule has 0 spiro atoms. The van der Waals surface area contributed by atoms with Crippen LogP contribution in [0.25, 0.3) is 11.0 Å². The van der Waals surface area contributed by atoms with Crippen LogP contribution >= 0.6 is 0 Å². The van der Waals surface area contributed by atoms with Crippen LogP contribution in [-0.2, 0) is 84.8 Å². The summed E-state index contributed by atoms with van der Waals surface area (Å²) >= 11 is 0. The van der Waals surface area contributed by atoms with Crippen molar-refractivity contribution in [2.24, 2.45) is 22.7 Å². The Balaban J connectivity index is 0.751. The minimum atomic E-state index is -4.26. The second kappa shape index (κ2) is 33.5. The molecular formula is C57H75N13O18S. The molecule has 0 unspecified atom stereocenters. The molecule has 32 heteroatoms. The lowest BCUT2D eigenvalue weighted by molar-refractivity contribution is -0.196. The number of aryl methyl sites for hydroxylation is 1. The molecule has 0 saturated heterocycles. The third-order valence-corrected chi connectivity index (χ3v) is 14.9. The molecule has 2 aliphatic carbocycles. The standard InChI is InChI=1S/C57H75N13O18S/c1-35(2)50(68-46(71)18-24-82-25-19-49(74)88-70-47(72)15-16-48(70)73)54(76)67-44(8-5-20-60-55(58)77)53(75)65-39-12-9-36(10-13-39)32-85-56(78)61-21-26-83-28-29-84-27-22-62-57(79)87-45-31-40(30-38(45)33-86-89(59,80)81)69-23-17-42-51(63-34-64-52(42)69)66-43-14-11-37-6-3-4-7-41(37)43/h3-4,6-7,9-10,12-13,15-17,23,34-35,38,40,43-45,50H,5,8,11,14,18-22,24-33H2,1-2H3,(H,61,78)(H,62,79)(H,65,75)(H,67,76)(H,68,71)(H3,58,60,77)(H2,59,80,81)(H,63,64,66)/t38-,40+,43-,44+,45-,50+/m0/s1. The van der Waals surface area contributed by atoms with E-state index in [0.717, 1.165) is 30.4 Å². The van der Waals surface area contributed by atoms with E-state index in [0.29, 0.717) is 40.6 Å². The van der Waals surface area contributed by atoms with Crippen LogP contribution in [0.4, 0.5) is 25.9 Å². The van der Waals surface area contributed by atoms with Gasteiger partial charge in [0.1, 0.15) is 42.6 Å². The van der Waals surface area contributed by atoms with Crippen LogP contribution in [0, 0.1) is 11.8 Å². The van der Waals surface area contributed by atoms with Crippen molar-refractivity contribution in [3.63, 3.8) is 0 Å². The molecular weight excluding hydrogens is 1190 g/mol. The van der Waals surface area contributed by atoms with Crippen LogP contribution in [0.3, 0.4) is 0 Å². The van der Waals surface area contributed by atoms with Gasteiger partial charge in [0.2, 0.25) is 17.7 Å². The Kier molecular flexibility index (Phi) is 25.5. The first kappa shape index (κ1) is 67.7. The van der Waals surface area contributed by atoms with Gasteiger partial charge in [-0.05, 0) is 72.9 Å². The highest BCUT2D eigenvalue weighted by atomic mass is 32.2. The topological polar surface area (TPSA) is 423 Å². The lowest BCUT2D eigenvalue weighted by Gasteiger charge is -2.25. The number of nitrogens with one attached hydrogen (secondary N) is 7. The zero-order valence-electron chi connectivity index (χ0n) is 49.2. The van der Waals surface area contributed by atoms with Gasteiger partial charge in [0, 0.05) is 68.5 Å². The lowest BCUT2D eigenvalue weighted by Crippen LogP contribution is -2.54. The number of hydrogen-bond acceptors (Lipinski definition) is 21.